The molecule has 24 heavy (non-hydrogen) atoms. The average molecular weight is 326 g/mol. The van der Waals surface area contributed by atoms with Gasteiger partial charge in [0.05, 0.1) is 5.56 Å². The Hall–Kier alpha value is -2.69. The van der Waals surface area contributed by atoms with Gasteiger partial charge in [0, 0.05) is 30.3 Å². The third kappa shape index (κ3) is 3.30. The third-order valence-corrected chi connectivity index (χ3v) is 4.40. The molecule has 0 spiro atoms. The van der Waals surface area contributed by atoms with Crippen LogP contribution in [-0.4, -0.2) is 29.7 Å². The zero-order valence-electron chi connectivity index (χ0n) is 13.2. The van der Waals surface area contributed by atoms with E-state index in [4.69, 9.17) is 5.73 Å². The Morgan fingerprint density at radius 2 is 1.79 bits per heavy atom. The lowest BCUT2D eigenvalue weighted by Crippen LogP contribution is -2.42. The van der Waals surface area contributed by atoms with Crippen molar-refractivity contribution in [3.8, 4) is 0 Å². The van der Waals surface area contributed by atoms with E-state index in [2.05, 4.69) is 0 Å². The minimum Gasteiger partial charge on any atom is -0.398 e. The molecule has 1 aliphatic rings. The van der Waals surface area contributed by atoms with Gasteiger partial charge in [-0.1, -0.05) is 12.1 Å². The van der Waals surface area contributed by atoms with Crippen molar-refractivity contribution in [2.75, 3.05) is 18.8 Å². The molecule has 4 nitrogen and oxygen atoms in total. The molecule has 124 valence electrons. The summed E-state index contributed by atoms with van der Waals surface area (Å²) >= 11 is 0. The van der Waals surface area contributed by atoms with Crippen molar-refractivity contribution in [1.82, 2.24) is 4.90 Å². The summed E-state index contributed by atoms with van der Waals surface area (Å²) in [4.78, 5) is 26.9. The molecule has 1 fully saturated rings. The summed E-state index contributed by atoms with van der Waals surface area (Å²) in [6.45, 7) is 0.976. The van der Waals surface area contributed by atoms with Gasteiger partial charge in [-0.25, -0.2) is 4.39 Å². The normalized spacial score (nSPS) is 17.5. The molecule has 2 aromatic rings. The molecule has 0 aliphatic carbocycles. The van der Waals surface area contributed by atoms with Crippen LogP contribution >= 0.6 is 0 Å². The summed E-state index contributed by atoms with van der Waals surface area (Å²) in [6.07, 6.45) is 1.49. The smallest absolute Gasteiger partial charge is 0.255 e. The fourth-order valence-electron chi connectivity index (χ4n) is 3.09. The SMILES string of the molecule is Nc1ccccc1C(=O)N1CCCC(C(=O)c2ccc(F)cc2)C1. The summed E-state index contributed by atoms with van der Waals surface area (Å²) in [7, 11) is 0. The number of benzene rings is 2. The highest BCUT2D eigenvalue weighted by Gasteiger charge is 2.30. The van der Waals surface area contributed by atoms with E-state index in [0.29, 0.717) is 29.9 Å². The maximum Gasteiger partial charge on any atom is 0.255 e. The predicted molar refractivity (Wildman–Crippen MR) is 90.2 cm³/mol. The molecule has 1 aliphatic heterocycles. The van der Waals surface area contributed by atoms with Crippen molar-refractivity contribution in [2.45, 2.75) is 12.8 Å². The number of para-hydroxylation sites is 1. The largest absolute Gasteiger partial charge is 0.398 e. The van der Waals surface area contributed by atoms with Crippen molar-refractivity contribution < 1.29 is 14.0 Å². The number of hydrogen-bond donors (Lipinski definition) is 1. The second kappa shape index (κ2) is 6.83. The molecule has 1 heterocycles. The van der Waals surface area contributed by atoms with Crippen molar-refractivity contribution >= 4 is 17.4 Å². The Morgan fingerprint density at radius 1 is 1.08 bits per heavy atom. The van der Waals surface area contributed by atoms with Crippen LogP contribution < -0.4 is 5.73 Å². The summed E-state index contributed by atoms with van der Waals surface area (Å²) in [5.41, 5.74) is 7.26. The van der Waals surface area contributed by atoms with Crippen molar-refractivity contribution in [2.24, 2.45) is 5.92 Å². The van der Waals surface area contributed by atoms with E-state index < -0.39 is 0 Å². The predicted octanol–water partition coefficient (Wildman–Crippen LogP) is 3.14. The van der Waals surface area contributed by atoms with E-state index in [0.717, 1.165) is 12.8 Å². The molecule has 1 amide bonds. The van der Waals surface area contributed by atoms with Gasteiger partial charge >= 0.3 is 0 Å². The van der Waals surface area contributed by atoms with Gasteiger partial charge < -0.3 is 10.6 Å². The fraction of sp³-hybridized carbons (Fsp3) is 0.263. The molecule has 2 aromatic carbocycles. The van der Waals surface area contributed by atoms with E-state index in [9.17, 15) is 14.0 Å². The molecule has 1 unspecified atom stereocenters. The maximum atomic E-state index is 13.0. The Labute approximate surface area is 140 Å². The van der Waals surface area contributed by atoms with E-state index >= 15 is 0 Å². The summed E-state index contributed by atoms with van der Waals surface area (Å²) in [5, 5.41) is 0. The van der Waals surface area contributed by atoms with Gasteiger partial charge in [-0.05, 0) is 49.2 Å². The number of hydrogen-bond acceptors (Lipinski definition) is 3. The Balaban J connectivity index is 1.74. The van der Waals surface area contributed by atoms with Crippen molar-refractivity contribution in [1.29, 1.82) is 0 Å². The molecular weight excluding hydrogens is 307 g/mol. The molecule has 1 saturated heterocycles. The second-order valence-corrected chi connectivity index (χ2v) is 6.05. The van der Waals surface area contributed by atoms with Gasteiger partial charge in [0.2, 0.25) is 0 Å². The number of carbonyl (C=O) groups excluding carboxylic acids is 2. The van der Waals surface area contributed by atoms with Crippen LogP contribution in [0.4, 0.5) is 10.1 Å². The Morgan fingerprint density at radius 3 is 2.50 bits per heavy atom. The zero-order valence-corrected chi connectivity index (χ0v) is 13.2. The first kappa shape index (κ1) is 16.2. The van der Waals surface area contributed by atoms with Crippen LogP contribution in [0.5, 0.6) is 0 Å². The van der Waals surface area contributed by atoms with Gasteiger partial charge in [0.25, 0.3) is 5.91 Å². The van der Waals surface area contributed by atoms with E-state index in [1.807, 2.05) is 0 Å². The standard InChI is InChI=1S/C19H19FN2O2/c20-15-9-7-13(8-10-15)18(23)14-4-3-11-22(12-14)19(24)16-5-1-2-6-17(16)21/h1-2,5-10,14H,3-4,11-12,21H2. The maximum absolute atomic E-state index is 13.0. The molecule has 0 radical (unpaired) electrons. The number of anilines is 1. The van der Waals surface area contributed by atoms with Crippen LogP contribution in [0.3, 0.4) is 0 Å². The highest BCUT2D eigenvalue weighted by atomic mass is 19.1. The number of Topliss-reactive ketones (excluding diaryl/α,β-unsaturated/α-hetero) is 1. The Bertz CT molecular complexity index is 758. The fourth-order valence-corrected chi connectivity index (χ4v) is 3.09. The number of piperidine rings is 1. The minimum absolute atomic E-state index is 0.0477. The van der Waals surface area contributed by atoms with E-state index in [1.54, 1.807) is 29.2 Å². The number of carbonyl (C=O) groups is 2. The molecule has 0 aromatic heterocycles. The van der Waals surface area contributed by atoms with Crippen LogP contribution in [0.1, 0.15) is 33.6 Å². The van der Waals surface area contributed by atoms with Crippen LogP contribution in [0.2, 0.25) is 0 Å². The van der Waals surface area contributed by atoms with E-state index in [1.165, 1.54) is 24.3 Å². The number of ketones is 1. The highest BCUT2D eigenvalue weighted by molar-refractivity contribution is 6.01. The van der Waals surface area contributed by atoms with Crippen molar-refractivity contribution in [3.63, 3.8) is 0 Å². The lowest BCUT2D eigenvalue weighted by atomic mass is 9.89. The highest BCUT2D eigenvalue weighted by Crippen LogP contribution is 2.24. The van der Waals surface area contributed by atoms with Gasteiger partial charge in [-0.2, -0.15) is 0 Å². The number of likely N-dealkylation sites (tertiary alicyclic amines) is 1. The molecular formula is C19H19FN2O2. The third-order valence-electron chi connectivity index (χ3n) is 4.40. The number of nitrogens with zero attached hydrogens (tertiary/aromatic N) is 1. The lowest BCUT2D eigenvalue weighted by molar-refractivity contribution is 0.0638. The van der Waals surface area contributed by atoms with Crippen LogP contribution in [0, 0.1) is 11.7 Å². The van der Waals surface area contributed by atoms with Gasteiger partial charge in [0.1, 0.15) is 5.82 Å². The quantitative estimate of drug-likeness (QED) is 0.696. The number of nitrogen functional groups attached to an aromatic ring is 1. The van der Waals surface area contributed by atoms with Crippen molar-refractivity contribution in [3.05, 3.63) is 65.5 Å². The van der Waals surface area contributed by atoms with Gasteiger partial charge in [0.15, 0.2) is 5.78 Å². The van der Waals surface area contributed by atoms with Crippen LogP contribution in [0.15, 0.2) is 48.5 Å². The molecule has 0 saturated carbocycles. The first-order valence-electron chi connectivity index (χ1n) is 8.00. The lowest BCUT2D eigenvalue weighted by Gasteiger charge is -2.32. The number of rotatable bonds is 3. The first-order valence-corrected chi connectivity index (χ1v) is 8.00. The first-order chi connectivity index (χ1) is 11.6. The van der Waals surface area contributed by atoms with Gasteiger partial charge in [-0.3, -0.25) is 9.59 Å². The Kier molecular flexibility index (Phi) is 4.60. The monoisotopic (exact) mass is 326 g/mol. The zero-order chi connectivity index (χ0) is 17.1. The number of amides is 1. The molecule has 3 rings (SSSR count). The van der Waals surface area contributed by atoms with Crippen LogP contribution in [0.25, 0.3) is 0 Å². The van der Waals surface area contributed by atoms with Gasteiger partial charge in [-0.15, -0.1) is 0 Å². The number of halogens is 1. The summed E-state index contributed by atoms with van der Waals surface area (Å²) in [6, 6.07) is 12.5. The molecule has 0 bridgehead atoms. The van der Waals surface area contributed by atoms with Crippen LogP contribution in [-0.2, 0) is 0 Å². The van der Waals surface area contributed by atoms with E-state index in [-0.39, 0.29) is 23.4 Å². The number of nitrogens with two attached hydrogens (primary N) is 1. The molecule has 1 atom stereocenters. The summed E-state index contributed by atoms with van der Waals surface area (Å²) < 4.78 is 13.0. The summed E-state index contributed by atoms with van der Waals surface area (Å²) in [5.74, 6) is -0.831. The average Bonchev–Trinajstić information content (AvgIpc) is 2.62. The second-order valence-electron chi connectivity index (χ2n) is 6.05. The topological polar surface area (TPSA) is 63.4 Å². The minimum atomic E-state index is -0.369. The molecule has 2 N–H and O–H groups in total. The molecule has 5 heteroatoms.